The van der Waals surface area contributed by atoms with Crippen LogP contribution >= 0.6 is 23.2 Å². The van der Waals surface area contributed by atoms with E-state index in [0.29, 0.717) is 16.6 Å². The standard InChI is InChI=1S/C16H17Cl2N/c1-11-3-2-4-12(9-11)14(7-8-19)13-5-6-15(17)16(18)10-13/h2-6,9-10,14H,7-8,19H2,1H3. The summed E-state index contributed by atoms with van der Waals surface area (Å²) in [6.45, 7) is 2.73. The van der Waals surface area contributed by atoms with Gasteiger partial charge < -0.3 is 5.73 Å². The molecule has 2 aromatic carbocycles. The number of nitrogens with two attached hydrogens (primary N) is 1. The Bertz CT molecular complexity index is 566. The number of hydrogen-bond acceptors (Lipinski definition) is 1. The molecule has 0 amide bonds. The molecule has 0 heterocycles. The predicted octanol–water partition coefficient (Wildman–Crippen LogP) is 4.78. The molecule has 1 nitrogen and oxygen atoms in total. The molecule has 0 saturated heterocycles. The van der Waals surface area contributed by atoms with Crippen LogP contribution in [0, 0.1) is 6.92 Å². The number of benzene rings is 2. The summed E-state index contributed by atoms with van der Waals surface area (Å²) in [7, 11) is 0. The Morgan fingerprint density at radius 2 is 1.74 bits per heavy atom. The fourth-order valence-corrected chi connectivity index (χ4v) is 2.61. The molecule has 0 saturated carbocycles. The summed E-state index contributed by atoms with van der Waals surface area (Å²) < 4.78 is 0. The molecular weight excluding hydrogens is 277 g/mol. The molecule has 0 aliphatic rings. The average molecular weight is 294 g/mol. The molecule has 0 radical (unpaired) electrons. The zero-order chi connectivity index (χ0) is 13.8. The zero-order valence-corrected chi connectivity index (χ0v) is 12.4. The summed E-state index contributed by atoms with van der Waals surface area (Å²) in [6, 6.07) is 14.3. The highest BCUT2D eigenvalue weighted by atomic mass is 35.5. The van der Waals surface area contributed by atoms with Crippen molar-refractivity contribution in [2.45, 2.75) is 19.3 Å². The number of aryl methyl sites for hydroxylation is 1. The quantitative estimate of drug-likeness (QED) is 0.862. The molecule has 2 N–H and O–H groups in total. The highest BCUT2D eigenvalue weighted by Crippen LogP contribution is 2.32. The van der Waals surface area contributed by atoms with Crippen LogP contribution in [0.25, 0.3) is 0 Å². The van der Waals surface area contributed by atoms with E-state index in [2.05, 4.69) is 31.2 Å². The highest BCUT2D eigenvalue weighted by Gasteiger charge is 2.14. The molecule has 100 valence electrons. The molecule has 0 spiro atoms. The molecule has 0 bridgehead atoms. The normalized spacial score (nSPS) is 12.4. The van der Waals surface area contributed by atoms with E-state index < -0.39 is 0 Å². The van der Waals surface area contributed by atoms with E-state index in [1.165, 1.54) is 11.1 Å². The molecule has 1 unspecified atom stereocenters. The largest absolute Gasteiger partial charge is 0.330 e. The van der Waals surface area contributed by atoms with Crippen LogP contribution < -0.4 is 5.73 Å². The Morgan fingerprint density at radius 3 is 2.37 bits per heavy atom. The smallest absolute Gasteiger partial charge is 0.0595 e. The summed E-state index contributed by atoms with van der Waals surface area (Å²) in [5.41, 5.74) is 9.43. The van der Waals surface area contributed by atoms with Crippen molar-refractivity contribution < 1.29 is 0 Å². The first-order valence-electron chi connectivity index (χ1n) is 6.33. The van der Waals surface area contributed by atoms with Crippen molar-refractivity contribution in [1.29, 1.82) is 0 Å². The summed E-state index contributed by atoms with van der Waals surface area (Å²) in [5.74, 6) is 0.264. The van der Waals surface area contributed by atoms with E-state index in [0.717, 1.165) is 12.0 Å². The van der Waals surface area contributed by atoms with Crippen LogP contribution in [0.15, 0.2) is 42.5 Å². The van der Waals surface area contributed by atoms with E-state index in [1.54, 1.807) is 0 Å². The van der Waals surface area contributed by atoms with Crippen LogP contribution in [0.4, 0.5) is 0 Å². The predicted molar refractivity (Wildman–Crippen MR) is 83.2 cm³/mol. The lowest BCUT2D eigenvalue weighted by atomic mass is 9.88. The van der Waals surface area contributed by atoms with Gasteiger partial charge in [0.05, 0.1) is 10.0 Å². The van der Waals surface area contributed by atoms with Crippen LogP contribution in [-0.4, -0.2) is 6.54 Å². The van der Waals surface area contributed by atoms with Gasteiger partial charge in [0.1, 0.15) is 0 Å². The third-order valence-electron chi connectivity index (χ3n) is 3.25. The number of halogens is 2. The van der Waals surface area contributed by atoms with Crippen LogP contribution in [0.5, 0.6) is 0 Å². The molecule has 2 rings (SSSR count). The lowest BCUT2D eigenvalue weighted by molar-refractivity contribution is 0.725. The second-order valence-electron chi connectivity index (χ2n) is 4.72. The van der Waals surface area contributed by atoms with Crippen LogP contribution in [-0.2, 0) is 0 Å². The summed E-state index contributed by atoms with van der Waals surface area (Å²) >= 11 is 12.1. The van der Waals surface area contributed by atoms with Crippen molar-refractivity contribution in [3.05, 3.63) is 69.2 Å². The minimum atomic E-state index is 0.264. The fourth-order valence-electron chi connectivity index (χ4n) is 2.31. The van der Waals surface area contributed by atoms with Gasteiger partial charge in [0.2, 0.25) is 0 Å². The van der Waals surface area contributed by atoms with Crippen LogP contribution in [0.1, 0.15) is 29.0 Å². The van der Waals surface area contributed by atoms with Gasteiger partial charge >= 0.3 is 0 Å². The first kappa shape index (κ1) is 14.4. The Hall–Kier alpha value is -1.02. The molecule has 2 aromatic rings. The van der Waals surface area contributed by atoms with Crippen molar-refractivity contribution in [3.63, 3.8) is 0 Å². The maximum Gasteiger partial charge on any atom is 0.0595 e. The van der Waals surface area contributed by atoms with Crippen LogP contribution in [0.2, 0.25) is 10.0 Å². The molecule has 19 heavy (non-hydrogen) atoms. The van der Waals surface area contributed by atoms with Gasteiger partial charge in [-0.15, -0.1) is 0 Å². The second kappa shape index (κ2) is 6.42. The Morgan fingerprint density at radius 1 is 1.00 bits per heavy atom. The topological polar surface area (TPSA) is 26.0 Å². The molecule has 0 aliphatic heterocycles. The van der Waals surface area contributed by atoms with Crippen LogP contribution in [0.3, 0.4) is 0 Å². The first-order valence-corrected chi connectivity index (χ1v) is 7.09. The number of rotatable bonds is 4. The minimum absolute atomic E-state index is 0.264. The minimum Gasteiger partial charge on any atom is -0.330 e. The second-order valence-corrected chi connectivity index (χ2v) is 5.53. The van der Waals surface area contributed by atoms with E-state index in [-0.39, 0.29) is 5.92 Å². The maximum atomic E-state index is 6.11. The van der Waals surface area contributed by atoms with E-state index in [9.17, 15) is 0 Å². The fraction of sp³-hybridized carbons (Fsp3) is 0.250. The molecule has 0 aromatic heterocycles. The Labute approximate surface area is 124 Å². The van der Waals surface area contributed by atoms with Gasteiger partial charge in [0, 0.05) is 5.92 Å². The molecule has 0 aliphatic carbocycles. The van der Waals surface area contributed by atoms with E-state index >= 15 is 0 Å². The zero-order valence-electron chi connectivity index (χ0n) is 10.9. The average Bonchev–Trinajstić information content (AvgIpc) is 2.39. The SMILES string of the molecule is Cc1cccc(C(CCN)c2ccc(Cl)c(Cl)c2)c1. The van der Waals surface area contributed by atoms with Crippen molar-refractivity contribution in [2.75, 3.05) is 6.54 Å². The third kappa shape index (κ3) is 3.50. The Kier molecular flexibility index (Phi) is 4.87. The number of hydrogen-bond donors (Lipinski definition) is 1. The van der Waals surface area contributed by atoms with Gasteiger partial charge in [-0.3, -0.25) is 0 Å². The first-order chi connectivity index (χ1) is 9.11. The van der Waals surface area contributed by atoms with E-state index in [4.69, 9.17) is 28.9 Å². The molecular formula is C16H17Cl2N. The van der Waals surface area contributed by atoms with Gasteiger partial charge in [0.25, 0.3) is 0 Å². The van der Waals surface area contributed by atoms with Gasteiger partial charge in [-0.2, -0.15) is 0 Å². The van der Waals surface area contributed by atoms with E-state index in [1.807, 2.05) is 18.2 Å². The van der Waals surface area contributed by atoms with Crippen molar-refractivity contribution in [3.8, 4) is 0 Å². The lowest BCUT2D eigenvalue weighted by Gasteiger charge is -2.18. The molecule has 1 atom stereocenters. The maximum absolute atomic E-state index is 6.11. The Balaban J connectivity index is 2.42. The highest BCUT2D eigenvalue weighted by molar-refractivity contribution is 6.42. The van der Waals surface area contributed by atoms with Gasteiger partial charge in [0.15, 0.2) is 0 Å². The van der Waals surface area contributed by atoms with Crippen molar-refractivity contribution >= 4 is 23.2 Å². The van der Waals surface area contributed by atoms with Crippen molar-refractivity contribution in [1.82, 2.24) is 0 Å². The van der Waals surface area contributed by atoms with Gasteiger partial charge in [-0.05, 0) is 43.1 Å². The van der Waals surface area contributed by atoms with Crippen molar-refractivity contribution in [2.24, 2.45) is 5.73 Å². The lowest BCUT2D eigenvalue weighted by Crippen LogP contribution is -2.09. The molecule has 3 heteroatoms. The van der Waals surface area contributed by atoms with Gasteiger partial charge in [-0.1, -0.05) is 59.1 Å². The monoisotopic (exact) mass is 293 g/mol. The van der Waals surface area contributed by atoms with Gasteiger partial charge in [-0.25, -0.2) is 0 Å². The third-order valence-corrected chi connectivity index (χ3v) is 3.98. The summed E-state index contributed by atoms with van der Waals surface area (Å²) in [6.07, 6.45) is 0.890. The summed E-state index contributed by atoms with van der Waals surface area (Å²) in [4.78, 5) is 0. The summed E-state index contributed by atoms with van der Waals surface area (Å²) in [5, 5.41) is 1.18. The molecule has 0 fully saturated rings.